The smallest absolute Gasteiger partial charge is 0.0165 e. The highest BCUT2D eigenvalue weighted by Gasteiger charge is 1.92. The van der Waals surface area contributed by atoms with E-state index in [-0.39, 0.29) is 0 Å². The Bertz CT molecular complexity index is 326. The summed E-state index contributed by atoms with van der Waals surface area (Å²) in [4.78, 5) is 0. The maximum atomic E-state index is 3.40. The van der Waals surface area contributed by atoms with Crippen LogP contribution in [0.2, 0.25) is 0 Å². The molecule has 1 aromatic rings. The molecule has 0 bridgehead atoms. The minimum Gasteiger partial charge on any atom is -0.313 e. The van der Waals surface area contributed by atoms with E-state index in [1.807, 2.05) is 0 Å². The number of benzene rings is 1. The number of hydrogen-bond donors (Lipinski definition) is 1. The minimum absolute atomic E-state index is 0.988. The Hall–Kier alpha value is -1.08. The Balaban J connectivity index is 2.54. The molecule has 1 heteroatoms. The van der Waals surface area contributed by atoms with E-state index in [4.69, 9.17) is 0 Å². The number of nitrogens with one attached hydrogen (secondary N) is 1. The van der Waals surface area contributed by atoms with Crippen LogP contribution in [0.1, 0.15) is 31.4 Å². The Kier molecular flexibility index (Phi) is 5.13. The summed E-state index contributed by atoms with van der Waals surface area (Å²) in [5, 5.41) is 3.40. The first-order chi connectivity index (χ1) is 7.22. The zero-order chi connectivity index (χ0) is 11.1. The Morgan fingerprint density at radius 1 is 1.40 bits per heavy atom. The molecule has 0 aromatic heterocycles. The van der Waals surface area contributed by atoms with Gasteiger partial charge in [0.25, 0.3) is 0 Å². The van der Waals surface area contributed by atoms with E-state index < -0.39 is 0 Å². The molecule has 0 atom stereocenters. The highest BCUT2D eigenvalue weighted by atomic mass is 14.8. The van der Waals surface area contributed by atoms with E-state index in [2.05, 4.69) is 56.4 Å². The highest BCUT2D eigenvalue weighted by molar-refractivity contribution is 5.53. The molecule has 0 saturated carbocycles. The lowest BCUT2D eigenvalue weighted by molar-refractivity contribution is 0.715. The van der Waals surface area contributed by atoms with E-state index in [0.29, 0.717) is 0 Å². The molecule has 1 N–H and O–H groups in total. The van der Waals surface area contributed by atoms with Crippen molar-refractivity contribution in [2.45, 2.75) is 27.2 Å². The van der Waals surface area contributed by atoms with Crippen molar-refractivity contribution in [3.8, 4) is 0 Å². The number of aryl methyl sites for hydroxylation is 1. The third-order valence-corrected chi connectivity index (χ3v) is 2.29. The Morgan fingerprint density at radius 2 is 2.20 bits per heavy atom. The van der Waals surface area contributed by atoms with Gasteiger partial charge >= 0.3 is 0 Å². The molecule has 0 fully saturated rings. The molecule has 1 nitrogen and oxygen atoms in total. The SMILES string of the molecule is CCCNCC(C)=Cc1cccc(C)c1. The van der Waals surface area contributed by atoms with Crippen LogP contribution in [0.25, 0.3) is 6.08 Å². The normalized spacial score (nSPS) is 11.8. The van der Waals surface area contributed by atoms with Crippen molar-refractivity contribution in [3.63, 3.8) is 0 Å². The van der Waals surface area contributed by atoms with Crippen LogP contribution in [0.3, 0.4) is 0 Å². The van der Waals surface area contributed by atoms with Crippen LogP contribution >= 0.6 is 0 Å². The van der Waals surface area contributed by atoms with Gasteiger partial charge in [-0.1, -0.05) is 48.4 Å². The summed E-state index contributed by atoms with van der Waals surface area (Å²) in [5.41, 5.74) is 4.00. The third-order valence-electron chi connectivity index (χ3n) is 2.29. The summed E-state index contributed by atoms with van der Waals surface area (Å²) in [7, 11) is 0. The minimum atomic E-state index is 0.988. The van der Waals surface area contributed by atoms with E-state index in [1.165, 1.54) is 23.1 Å². The average Bonchev–Trinajstić information content (AvgIpc) is 2.18. The molecule has 0 unspecified atom stereocenters. The monoisotopic (exact) mass is 203 g/mol. The molecule has 0 spiro atoms. The van der Waals surface area contributed by atoms with Crippen molar-refractivity contribution >= 4 is 6.08 Å². The van der Waals surface area contributed by atoms with Crippen LogP contribution < -0.4 is 5.32 Å². The molecule has 0 aliphatic carbocycles. The van der Waals surface area contributed by atoms with Crippen molar-refractivity contribution < 1.29 is 0 Å². The van der Waals surface area contributed by atoms with Crippen molar-refractivity contribution in [3.05, 3.63) is 41.0 Å². The molecule has 0 saturated heterocycles. The first kappa shape index (κ1) is 12.0. The second-order valence-corrected chi connectivity index (χ2v) is 4.08. The van der Waals surface area contributed by atoms with Gasteiger partial charge < -0.3 is 5.32 Å². The summed E-state index contributed by atoms with van der Waals surface area (Å²) in [5.74, 6) is 0. The molecule has 0 heterocycles. The van der Waals surface area contributed by atoms with Gasteiger partial charge in [-0.15, -0.1) is 0 Å². The number of hydrogen-bond acceptors (Lipinski definition) is 1. The predicted octanol–water partition coefficient (Wildman–Crippen LogP) is 3.40. The first-order valence-electron chi connectivity index (χ1n) is 5.67. The van der Waals surface area contributed by atoms with Gasteiger partial charge in [0.15, 0.2) is 0 Å². The van der Waals surface area contributed by atoms with Crippen LogP contribution in [0.15, 0.2) is 29.8 Å². The summed E-state index contributed by atoms with van der Waals surface area (Å²) in [6.45, 7) is 8.57. The topological polar surface area (TPSA) is 12.0 Å². The fourth-order valence-electron chi connectivity index (χ4n) is 1.56. The lowest BCUT2D eigenvalue weighted by Gasteiger charge is -2.03. The van der Waals surface area contributed by atoms with Gasteiger partial charge in [-0.3, -0.25) is 0 Å². The van der Waals surface area contributed by atoms with Crippen molar-refractivity contribution in [1.29, 1.82) is 0 Å². The summed E-state index contributed by atoms with van der Waals surface area (Å²) < 4.78 is 0. The molecule has 15 heavy (non-hydrogen) atoms. The van der Waals surface area contributed by atoms with Gasteiger partial charge in [0.1, 0.15) is 0 Å². The first-order valence-corrected chi connectivity index (χ1v) is 5.67. The van der Waals surface area contributed by atoms with Gasteiger partial charge in [0.2, 0.25) is 0 Å². The molecular weight excluding hydrogens is 182 g/mol. The van der Waals surface area contributed by atoms with Crippen LogP contribution in [-0.2, 0) is 0 Å². The van der Waals surface area contributed by atoms with Crippen molar-refractivity contribution in [1.82, 2.24) is 5.32 Å². The summed E-state index contributed by atoms with van der Waals surface area (Å²) >= 11 is 0. The fraction of sp³-hybridized carbons (Fsp3) is 0.429. The van der Waals surface area contributed by atoms with E-state index in [0.717, 1.165) is 13.1 Å². The van der Waals surface area contributed by atoms with Gasteiger partial charge in [-0.05, 0) is 32.4 Å². The standard InChI is InChI=1S/C14H21N/c1-4-8-15-11-13(3)10-14-7-5-6-12(2)9-14/h5-7,9-10,15H,4,8,11H2,1-3H3. The van der Waals surface area contributed by atoms with Gasteiger partial charge in [-0.2, -0.15) is 0 Å². The van der Waals surface area contributed by atoms with Crippen molar-refractivity contribution in [2.75, 3.05) is 13.1 Å². The molecular formula is C14H21N. The van der Waals surface area contributed by atoms with Gasteiger partial charge in [0, 0.05) is 6.54 Å². The summed E-state index contributed by atoms with van der Waals surface area (Å²) in [6, 6.07) is 8.59. The van der Waals surface area contributed by atoms with E-state index >= 15 is 0 Å². The van der Waals surface area contributed by atoms with E-state index in [9.17, 15) is 0 Å². The largest absolute Gasteiger partial charge is 0.313 e. The van der Waals surface area contributed by atoms with Crippen LogP contribution in [0, 0.1) is 6.92 Å². The molecule has 82 valence electrons. The molecule has 1 aromatic carbocycles. The molecule has 0 amide bonds. The van der Waals surface area contributed by atoms with Gasteiger partial charge in [0.05, 0.1) is 0 Å². The van der Waals surface area contributed by atoms with Gasteiger partial charge in [-0.25, -0.2) is 0 Å². The molecule has 0 radical (unpaired) electrons. The zero-order valence-electron chi connectivity index (χ0n) is 10.0. The average molecular weight is 203 g/mol. The molecule has 1 rings (SSSR count). The van der Waals surface area contributed by atoms with Crippen LogP contribution in [0.5, 0.6) is 0 Å². The van der Waals surface area contributed by atoms with E-state index in [1.54, 1.807) is 0 Å². The highest BCUT2D eigenvalue weighted by Crippen LogP contribution is 2.08. The van der Waals surface area contributed by atoms with Crippen LogP contribution in [0.4, 0.5) is 0 Å². The lowest BCUT2D eigenvalue weighted by atomic mass is 10.1. The third kappa shape index (κ3) is 4.80. The molecule has 0 aliphatic heterocycles. The maximum Gasteiger partial charge on any atom is 0.0165 e. The fourth-order valence-corrected chi connectivity index (χ4v) is 1.56. The van der Waals surface area contributed by atoms with Crippen LogP contribution in [-0.4, -0.2) is 13.1 Å². The second-order valence-electron chi connectivity index (χ2n) is 4.08. The molecule has 0 aliphatic rings. The zero-order valence-corrected chi connectivity index (χ0v) is 10.0. The maximum absolute atomic E-state index is 3.40. The quantitative estimate of drug-likeness (QED) is 0.723. The summed E-state index contributed by atoms with van der Waals surface area (Å²) in [6.07, 6.45) is 3.44. The lowest BCUT2D eigenvalue weighted by Crippen LogP contribution is -2.16. The predicted molar refractivity (Wildman–Crippen MR) is 68.0 cm³/mol. The second kappa shape index (κ2) is 6.41. The Labute approximate surface area is 93.2 Å². The Morgan fingerprint density at radius 3 is 2.87 bits per heavy atom. The van der Waals surface area contributed by atoms with Crippen molar-refractivity contribution in [2.24, 2.45) is 0 Å². The number of rotatable bonds is 5.